The lowest BCUT2D eigenvalue weighted by Gasteiger charge is -2.40. The quantitative estimate of drug-likeness (QED) is 0.634. The number of esters is 1. The fraction of sp³-hybridized carbons (Fsp3) is 0.400. The lowest BCUT2D eigenvalue weighted by molar-refractivity contribution is -0.161. The van der Waals surface area contributed by atoms with E-state index in [1.807, 2.05) is 18.2 Å². The number of oxime groups is 1. The number of hydrogen-bond acceptors (Lipinski definition) is 5. The molecule has 0 aliphatic carbocycles. The Labute approximate surface area is 187 Å². The molecule has 1 atom stereocenters. The summed E-state index contributed by atoms with van der Waals surface area (Å²) in [5, 5.41) is 4.18. The monoisotopic (exact) mass is 438 g/mol. The molecule has 2 aliphatic rings. The van der Waals surface area contributed by atoms with E-state index in [9.17, 15) is 14.0 Å². The molecule has 2 heterocycles. The van der Waals surface area contributed by atoms with Gasteiger partial charge in [0.25, 0.3) is 5.91 Å². The van der Waals surface area contributed by atoms with E-state index in [1.165, 1.54) is 12.1 Å². The number of likely N-dealkylation sites (tertiary alicyclic amines) is 1. The van der Waals surface area contributed by atoms with Crippen LogP contribution in [0.2, 0.25) is 0 Å². The Hall–Kier alpha value is -3.22. The van der Waals surface area contributed by atoms with Gasteiger partial charge in [-0.2, -0.15) is 0 Å². The molecule has 6 nitrogen and oxygen atoms in total. The van der Waals surface area contributed by atoms with Gasteiger partial charge in [-0.15, -0.1) is 0 Å². The minimum absolute atomic E-state index is 0.0258. The van der Waals surface area contributed by atoms with Crippen LogP contribution in [0, 0.1) is 11.2 Å². The minimum Gasteiger partial charge on any atom is -0.466 e. The summed E-state index contributed by atoms with van der Waals surface area (Å²) in [7, 11) is 0. The van der Waals surface area contributed by atoms with Gasteiger partial charge in [-0.3, -0.25) is 9.59 Å². The van der Waals surface area contributed by atoms with Gasteiger partial charge in [0.05, 0.1) is 17.7 Å². The van der Waals surface area contributed by atoms with Crippen molar-refractivity contribution in [2.75, 3.05) is 19.7 Å². The maximum absolute atomic E-state index is 13.2. The highest BCUT2D eigenvalue weighted by Crippen LogP contribution is 2.40. The normalized spacial score (nSPS) is 19.8. The van der Waals surface area contributed by atoms with Crippen molar-refractivity contribution in [1.29, 1.82) is 0 Å². The summed E-state index contributed by atoms with van der Waals surface area (Å²) in [5.74, 6) is -0.573. The molecule has 1 fully saturated rings. The van der Waals surface area contributed by atoms with Crippen LogP contribution < -0.4 is 0 Å². The zero-order chi connectivity index (χ0) is 22.6. The molecule has 0 spiro atoms. The lowest BCUT2D eigenvalue weighted by atomic mass is 9.73. The van der Waals surface area contributed by atoms with Crippen molar-refractivity contribution in [3.05, 3.63) is 71.5 Å². The summed E-state index contributed by atoms with van der Waals surface area (Å²) >= 11 is 0. The first-order valence-electron chi connectivity index (χ1n) is 11.0. The topological polar surface area (TPSA) is 68.2 Å². The third kappa shape index (κ3) is 4.66. The van der Waals surface area contributed by atoms with E-state index in [-0.39, 0.29) is 23.8 Å². The van der Waals surface area contributed by atoms with Gasteiger partial charge in [0.1, 0.15) is 11.9 Å². The molecular weight excluding hydrogens is 411 g/mol. The number of carbonyl (C=O) groups is 2. The number of piperidine rings is 1. The van der Waals surface area contributed by atoms with Gasteiger partial charge in [0.15, 0.2) is 0 Å². The molecule has 0 aromatic heterocycles. The Morgan fingerprint density at radius 3 is 2.47 bits per heavy atom. The van der Waals surface area contributed by atoms with Crippen LogP contribution >= 0.6 is 0 Å². The van der Waals surface area contributed by atoms with Crippen LogP contribution in [-0.4, -0.2) is 48.3 Å². The largest absolute Gasteiger partial charge is 0.466 e. The molecule has 0 N–H and O–H groups in total. The smallest absolute Gasteiger partial charge is 0.312 e. The number of benzene rings is 2. The average Bonchev–Trinajstić information content (AvgIpc) is 3.28. The number of halogens is 1. The number of ether oxygens (including phenoxy) is 1. The maximum Gasteiger partial charge on any atom is 0.312 e. The minimum atomic E-state index is -0.720. The maximum atomic E-state index is 13.2. The fourth-order valence-corrected chi connectivity index (χ4v) is 4.46. The van der Waals surface area contributed by atoms with Crippen LogP contribution in [0.5, 0.6) is 0 Å². The Morgan fingerprint density at radius 2 is 1.81 bits per heavy atom. The van der Waals surface area contributed by atoms with E-state index in [4.69, 9.17) is 9.57 Å². The Kier molecular flexibility index (Phi) is 6.53. The third-order valence-electron chi connectivity index (χ3n) is 6.27. The molecule has 2 aliphatic heterocycles. The molecule has 2 aromatic rings. The molecule has 7 heteroatoms. The van der Waals surface area contributed by atoms with Crippen molar-refractivity contribution >= 4 is 17.6 Å². The Morgan fingerprint density at radius 1 is 1.12 bits per heavy atom. The number of nitrogens with zero attached hydrogens (tertiary/aromatic N) is 2. The average molecular weight is 438 g/mol. The van der Waals surface area contributed by atoms with Gasteiger partial charge >= 0.3 is 5.97 Å². The van der Waals surface area contributed by atoms with Crippen LogP contribution in [-0.2, 0) is 14.4 Å². The molecule has 4 rings (SSSR count). The summed E-state index contributed by atoms with van der Waals surface area (Å²) < 4.78 is 18.6. The Balaban J connectivity index is 1.43. The van der Waals surface area contributed by atoms with E-state index in [1.54, 1.807) is 36.1 Å². The highest BCUT2D eigenvalue weighted by molar-refractivity contribution is 6.01. The number of amides is 1. The second-order valence-electron chi connectivity index (χ2n) is 8.34. The third-order valence-corrected chi connectivity index (χ3v) is 6.27. The lowest BCUT2D eigenvalue weighted by Crippen LogP contribution is -2.48. The van der Waals surface area contributed by atoms with Crippen LogP contribution in [0.4, 0.5) is 4.39 Å². The highest BCUT2D eigenvalue weighted by atomic mass is 19.1. The van der Waals surface area contributed by atoms with Gasteiger partial charge in [0, 0.05) is 31.5 Å². The number of rotatable bonds is 6. The molecule has 0 saturated carbocycles. The standard InChI is InChI=1S/C25H27FN2O4/c1-2-31-24(30)25(12-14-28(15-13-25)23(29)19-6-4-3-5-7-19)17-21-16-22(27-32-21)18-8-10-20(26)11-9-18/h3-11,21H,2,12-17H2,1H3/t21-/m0/s1. The van der Waals surface area contributed by atoms with Crippen molar-refractivity contribution in [2.45, 2.75) is 38.7 Å². The Bertz CT molecular complexity index is 983. The van der Waals surface area contributed by atoms with Crippen LogP contribution in [0.25, 0.3) is 0 Å². The van der Waals surface area contributed by atoms with Crippen LogP contribution in [0.1, 0.15) is 48.5 Å². The van der Waals surface area contributed by atoms with Gasteiger partial charge in [0.2, 0.25) is 0 Å². The summed E-state index contributed by atoms with van der Waals surface area (Å²) in [5.41, 5.74) is 1.47. The molecular formula is C25H27FN2O4. The summed E-state index contributed by atoms with van der Waals surface area (Å²) in [6.45, 7) is 3.05. The van der Waals surface area contributed by atoms with Crippen molar-refractivity contribution in [1.82, 2.24) is 4.90 Å². The first-order valence-corrected chi connectivity index (χ1v) is 11.0. The molecule has 0 radical (unpaired) electrons. The van der Waals surface area contributed by atoms with Crippen molar-refractivity contribution in [3.63, 3.8) is 0 Å². The van der Waals surface area contributed by atoms with E-state index >= 15 is 0 Å². The van der Waals surface area contributed by atoms with Crippen molar-refractivity contribution in [3.8, 4) is 0 Å². The van der Waals surface area contributed by atoms with Crippen LogP contribution in [0.3, 0.4) is 0 Å². The van der Waals surface area contributed by atoms with E-state index in [0.717, 1.165) is 11.3 Å². The van der Waals surface area contributed by atoms with Gasteiger partial charge in [-0.05, 0) is 49.6 Å². The van der Waals surface area contributed by atoms with Crippen molar-refractivity contribution < 1.29 is 23.6 Å². The van der Waals surface area contributed by atoms with E-state index < -0.39 is 5.41 Å². The zero-order valence-electron chi connectivity index (χ0n) is 18.1. The molecule has 1 amide bonds. The predicted octanol–water partition coefficient (Wildman–Crippen LogP) is 4.19. The SMILES string of the molecule is CCOC(=O)C1(C[C@@H]2CC(c3ccc(F)cc3)=NO2)CCN(C(=O)c2ccccc2)CC1. The molecule has 0 unspecified atom stereocenters. The predicted molar refractivity (Wildman–Crippen MR) is 118 cm³/mol. The van der Waals surface area contributed by atoms with Crippen molar-refractivity contribution in [2.24, 2.45) is 10.6 Å². The molecule has 32 heavy (non-hydrogen) atoms. The summed E-state index contributed by atoms with van der Waals surface area (Å²) in [4.78, 5) is 33.2. The summed E-state index contributed by atoms with van der Waals surface area (Å²) in [6, 6.07) is 15.3. The molecule has 2 aromatic carbocycles. The summed E-state index contributed by atoms with van der Waals surface area (Å²) in [6.07, 6.45) is 1.76. The zero-order valence-corrected chi connectivity index (χ0v) is 18.1. The first-order chi connectivity index (χ1) is 15.5. The fourth-order valence-electron chi connectivity index (χ4n) is 4.46. The van der Waals surface area contributed by atoms with Gasteiger partial charge in [-0.1, -0.05) is 35.5 Å². The van der Waals surface area contributed by atoms with E-state index in [2.05, 4.69) is 5.16 Å². The van der Waals surface area contributed by atoms with Gasteiger partial charge in [-0.25, -0.2) is 4.39 Å². The molecule has 168 valence electrons. The highest BCUT2D eigenvalue weighted by Gasteiger charge is 2.46. The second-order valence-corrected chi connectivity index (χ2v) is 8.34. The second kappa shape index (κ2) is 9.51. The molecule has 0 bridgehead atoms. The first kappa shape index (κ1) is 22.0. The van der Waals surface area contributed by atoms with Gasteiger partial charge < -0.3 is 14.5 Å². The number of carbonyl (C=O) groups excluding carboxylic acids is 2. The number of hydrogen-bond donors (Lipinski definition) is 0. The molecule has 1 saturated heterocycles. The van der Waals surface area contributed by atoms with Crippen LogP contribution in [0.15, 0.2) is 59.8 Å². The van der Waals surface area contributed by atoms with E-state index in [0.29, 0.717) is 50.9 Å².